The Kier molecular flexibility index (Phi) is 14.1. The van der Waals surface area contributed by atoms with E-state index in [9.17, 15) is 4.79 Å². The molecular weight excluding hydrogens is 605 g/mol. The van der Waals surface area contributed by atoms with Gasteiger partial charge in [0.25, 0.3) is 0 Å². The summed E-state index contributed by atoms with van der Waals surface area (Å²) < 4.78 is 0. The maximum absolute atomic E-state index is 10.5. The van der Waals surface area contributed by atoms with Gasteiger partial charge in [-0.15, -0.1) is 5.56 Å². The molecule has 1 N–H and O–H groups in total. The molecule has 1 fully saturated rings. The summed E-state index contributed by atoms with van der Waals surface area (Å²) in [7, 11) is 10.1. The first-order valence-electron chi connectivity index (χ1n) is 12.9. The van der Waals surface area contributed by atoms with Crippen molar-refractivity contribution in [3.63, 3.8) is 0 Å². The van der Waals surface area contributed by atoms with Gasteiger partial charge in [-0.3, -0.25) is 0 Å². The van der Waals surface area contributed by atoms with E-state index < -0.39 is 20.8 Å². The van der Waals surface area contributed by atoms with Crippen LogP contribution in [0.15, 0.2) is 103 Å². The smallest absolute Gasteiger partial charge is 0.103 e. The summed E-state index contributed by atoms with van der Waals surface area (Å²) in [5.41, 5.74) is 12.3. The van der Waals surface area contributed by atoms with Crippen molar-refractivity contribution >= 4 is 42.8 Å². The number of benzene rings is 4. The molecule has 0 atom stereocenters. The van der Waals surface area contributed by atoms with Crippen LogP contribution in [0, 0.1) is 12.0 Å². The Balaban J connectivity index is 0.000000153. The van der Waals surface area contributed by atoms with E-state index in [4.69, 9.17) is 22.8 Å². The van der Waals surface area contributed by atoms with E-state index in [1.165, 1.54) is 39.0 Å². The first-order valence-corrected chi connectivity index (χ1v) is 20.3. The molecule has 6 heteroatoms. The van der Waals surface area contributed by atoms with Crippen molar-refractivity contribution in [1.29, 1.82) is 0 Å². The second-order valence-corrected chi connectivity index (χ2v) is 14.5. The number of nitrogens with one attached hydrogen (secondary N) is 1. The minimum absolute atomic E-state index is 0.0822. The Morgan fingerprint density at radius 3 is 1.84 bits per heavy atom. The minimum Gasteiger partial charge on any atom is -0.668 e. The zero-order valence-electron chi connectivity index (χ0n) is 21.4. The maximum atomic E-state index is 10.5. The van der Waals surface area contributed by atoms with Gasteiger partial charge in [0.1, 0.15) is 9.52 Å². The molecule has 4 aromatic carbocycles. The Hall–Kier alpha value is -1.97. The molecule has 0 spiro atoms. The average molecular weight is 637 g/mol. The van der Waals surface area contributed by atoms with Gasteiger partial charge < -0.3 is 10.5 Å². The van der Waals surface area contributed by atoms with Gasteiger partial charge in [-0.2, -0.15) is 29.8 Å². The molecule has 0 heterocycles. The van der Waals surface area contributed by atoms with Crippen LogP contribution in [0.3, 0.4) is 0 Å². The van der Waals surface area contributed by atoms with Gasteiger partial charge in [-0.25, -0.2) is 0 Å². The fourth-order valence-corrected chi connectivity index (χ4v) is 5.87. The predicted octanol–water partition coefficient (Wildman–Crippen LogP) is 7.65. The zero-order valence-corrected chi connectivity index (χ0v) is 26.5. The Labute approximate surface area is 248 Å². The molecular formula is C32H32Cl2NOSiZr. The van der Waals surface area contributed by atoms with Crippen LogP contribution >= 0.6 is 17.0 Å². The van der Waals surface area contributed by atoms with E-state index >= 15 is 0 Å². The minimum atomic E-state index is -0.826. The second kappa shape index (κ2) is 17.6. The number of fused-ring (bicyclic) bond motifs is 3. The van der Waals surface area contributed by atoms with Crippen LogP contribution < -0.4 is 10.4 Å². The molecule has 6 rings (SSSR count). The molecule has 0 aromatic heterocycles. The van der Waals surface area contributed by atoms with Crippen molar-refractivity contribution in [2.24, 2.45) is 5.92 Å². The van der Waals surface area contributed by atoms with Gasteiger partial charge in [0.05, 0.1) is 5.91 Å². The average Bonchev–Trinajstić information content (AvgIpc) is 3.35. The molecule has 0 aliphatic heterocycles. The van der Waals surface area contributed by atoms with E-state index in [-0.39, 0.29) is 21.3 Å². The topological polar surface area (TPSA) is 40.9 Å². The van der Waals surface area contributed by atoms with Crippen molar-refractivity contribution in [3.05, 3.63) is 126 Å². The van der Waals surface area contributed by atoms with E-state index in [0.717, 1.165) is 32.1 Å². The number of hydrogen-bond acceptors (Lipinski definition) is 1. The van der Waals surface area contributed by atoms with Crippen LogP contribution in [0.4, 0.5) is 0 Å². The van der Waals surface area contributed by atoms with Gasteiger partial charge in [0.2, 0.25) is 0 Å². The molecule has 1 saturated carbocycles. The second-order valence-electron chi connectivity index (χ2n) is 9.13. The summed E-state index contributed by atoms with van der Waals surface area (Å²) in [6, 6.07) is 39.4. The van der Waals surface area contributed by atoms with Gasteiger partial charge in [0.15, 0.2) is 0 Å². The summed E-state index contributed by atoms with van der Waals surface area (Å²) in [5, 5.41) is 2.90. The number of hydrogen-bond donors (Lipinski definition) is 0. The first-order chi connectivity index (χ1) is 18.6. The van der Waals surface area contributed by atoms with Crippen LogP contribution in [0.1, 0.15) is 43.2 Å². The molecule has 2 aliphatic carbocycles. The molecule has 2 nitrogen and oxygen atoms in total. The normalized spacial score (nSPS) is 13.0. The van der Waals surface area contributed by atoms with Crippen LogP contribution in [0.2, 0.25) is 0 Å². The molecule has 0 unspecified atom stereocenters. The van der Waals surface area contributed by atoms with Crippen LogP contribution in [-0.4, -0.2) is 15.4 Å². The van der Waals surface area contributed by atoms with E-state index in [2.05, 4.69) is 103 Å². The van der Waals surface area contributed by atoms with Crippen molar-refractivity contribution in [2.45, 2.75) is 38.5 Å². The van der Waals surface area contributed by atoms with Gasteiger partial charge >= 0.3 is 37.9 Å². The van der Waals surface area contributed by atoms with Gasteiger partial charge in [-0.1, -0.05) is 126 Å². The summed E-state index contributed by atoms with van der Waals surface area (Å²) in [4.78, 5) is 10.5. The standard InChI is InChI=1S/C13H9.C12H11Si.C7H13NO.2ClH.Zr/c1-3-7-12-10(5-1)9-11-6-2-4-8-13(11)12;1-3-7-11(8-4-1)13-12-9-5-2-6-10-12;8-7(9)6-4-2-1-3-5-6;;;/h1-5,7-8H,9H2;1-10,13H;6H,1-5H2,(H2,8,9);2*1H;/q-1;;;;;+4/p-3. The predicted molar refractivity (Wildman–Crippen MR) is 160 cm³/mol. The van der Waals surface area contributed by atoms with Crippen molar-refractivity contribution in [1.82, 2.24) is 0 Å². The van der Waals surface area contributed by atoms with Crippen molar-refractivity contribution in [2.75, 3.05) is 0 Å². The Bertz CT molecular complexity index is 1150. The third-order valence-corrected chi connectivity index (χ3v) is 7.96. The number of amides is 1. The molecule has 193 valence electrons. The van der Waals surface area contributed by atoms with Gasteiger partial charge in [-0.05, 0) is 19.3 Å². The SMILES string of the molecule is [Cl][Zr+2][Cl].[NH-]C(=O)C1CCCCC1.[c-]1cccc2c1Cc1ccccc1-2.c1ccc([SiH]c2ccccc2)cc1. The van der Waals surface area contributed by atoms with Crippen LogP contribution in [0.25, 0.3) is 16.9 Å². The first kappa shape index (κ1) is 30.6. The summed E-state index contributed by atoms with van der Waals surface area (Å²) in [6.07, 6.45) is 6.52. The third-order valence-electron chi connectivity index (χ3n) is 6.53. The summed E-state index contributed by atoms with van der Waals surface area (Å²) >= 11 is -0.826. The van der Waals surface area contributed by atoms with E-state index in [1.807, 2.05) is 6.07 Å². The largest absolute Gasteiger partial charge is 0.668 e. The van der Waals surface area contributed by atoms with Crippen molar-refractivity contribution in [3.8, 4) is 11.1 Å². The summed E-state index contributed by atoms with van der Waals surface area (Å²) in [5.74, 6) is -0.270. The Morgan fingerprint density at radius 1 is 0.763 bits per heavy atom. The molecule has 1 radical (unpaired) electrons. The monoisotopic (exact) mass is 634 g/mol. The van der Waals surface area contributed by atoms with Gasteiger partial charge in [0, 0.05) is 5.92 Å². The zero-order chi connectivity index (χ0) is 27.0. The summed E-state index contributed by atoms with van der Waals surface area (Å²) in [6.45, 7) is 0. The third kappa shape index (κ3) is 10.3. The number of rotatable bonds is 3. The molecule has 38 heavy (non-hydrogen) atoms. The fourth-order valence-electron chi connectivity index (χ4n) is 4.65. The molecule has 1 amide bonds. The van der Waals surface area contributed by atoms with E-state index in [1.54, 1.807) is 0 Å². The van der Waals surface area contributed by atoms with Crippen LogP contribution in [-0.2, 0) is 32.1 Å². The number of carbonyl (C=O) groups is 1. The quantitative estimate of drug-likeness (QED) is 0.148. The fraction of sp³-hybridized carbons (Fsp3) is 0.219. The molecule has 0 saturated heterocycles. The Morgan fingerprint density at radius 2 is 1.29 bits per heavy atom. The number of halogens is 2. The van der Waals surface area contributed by atoms with Crippen molar-refractivity contribution < 1.29 is 25.6 Å². The number of carbonyl (C=O) groups excluding carboxylic acids is 1. The molecule has 4 aromatic rings. The molecule has 2 aliphatic rings. The maximum Gasteiger partial charge on any atom is 0.103 e. The van der Waals surface area contributed by atoms with E-state index in [0.29, 0.717) is 0 Å². The van der Waals surface area contributed by atoms with Crippen LogP contribution in [0.5, 0.6) is 0 Å². The molecule has 0 bridgehead atoms.